The van der Waals surface area contributed by atoms with Crippen LogP contribution in [0.3, 0.4) is 0 Å². The van der Waals surface area contributed by atoms with Crippen molar-refractivity contribution in [2.75, 3.05) is 13.1 Å². The molecule has 96 valence electrons. The van der Waals surface area contributed by atoms with Crippen LogP contribution < -0.4 is 5.32 Å². The van der Waals surface area contributed by atoms with Crippen LogP contribution in [0.1, 0.15) is 45.4 Å². The smallest absolute Gasteiger partial charge is 0.00146 e. The molecule has 2 bridgehead atoms. The average Bonchev–Trinajstić information content (AvgIpc) is 2.91. The summed E-state index contributed by atoms with van der Waals surface area (Å²) in [5.74, 6) is 4.74. The van der Waals surface area contributed by atoms with Crippen LogP contribution in [0.5, 0.6) is 0 Å². The highest BCUT2D eigenvalue weighted by atomic mass is 14.9. The zero-order valence-electron chi connectivity index (χ0n) is 11.2. The lowest BCUT2D eigenvalue weighted by Gasteiger charge is -2.28. The molecule has 0 heterocycles. The van der Waals surface area contributed by atoms with Crippen LogP contribution >= 0.6 is 0 Å². The van der Waals surface area contributed by atoms with Crippen LogP contribution in [0.25, 0.3) is 0 Å². The molecule has 0 aliphatic heterocycles. The Balaban J connectivity index is 1.36. The summed E-state index contributed by atoms with van der Waals surface area (Å²) in [5.41, 5.74) is 0. The van der Waals surface area contributed by atoms with E-state index in [4.69, 9.17) is 0 Å². The van der Waals surface area contributed by atoms with Crippen molar-refractivity contribution < 1.29 is 0 Å². The highest BCUT2D eigenvalue weighted by molar-refractivity contribution is 5.10. The molecular formula is C16H27N. The van der Waals surface area contributed by atoms with Gasteiger partial charge in [0, 0.05) is 0 Å². The van der Waals surface area contributed by atoms with E-state index in [9.17, 15) is 0 Å². The van der Waals surface area contributed by atoms with Gasteiger partial charge in [0.25, 0.3) is 0 Å². The summed E-state index contributed by atoms with van der Waals surface area (Å²) in [5, 5.41) is 3.77. The molecule has 0 aromatic heterocycles. The molecule has 17 heavy (non-hydrogen) atoms. The number of hydrogen-bond acceptors (Lipinski definition) is 1. The van der Waals surface area contributed by atoms with Gasteiger partial charge in [0.1, 0.15) is 0 Å². The van der Waals surface area contributed by atoms with Gasteiger partial charge in [-0.1, -0.05) is 31.9 Å². The second kappa shape index (κ2) is 5.14. The summed E-state index contributed by atoms with van der Waals surface area (Å²) in [4.78, 5) is 0. The van der Waals surface area contributed by atoms with Crippen molar-refractivity contribution in [2.24, 2.45) is 29.6 Å². The third-order valence-corrected chi connectivity index (χ3v) is 5.30. The van der Waals surface area contributed by atoms with E-state index in [1.54, 1.807) is 0 Å². The molecule has 1 nitrogen and oxygen atoms in total. The lowest BCUT2D eigenvalue weighted by Crippen LogP contribution is -2.31. The standard InChI is InChI=1S/C16H27N/c1-12-3-2-4-14(7-12)10-17-11-16-9-13-5-6-15(16)8-13/h5-6,12-17H,2-4,7-11H2,1H3. The first-order chi connectivity index (χ1) is 8.31. The Labute approximate surface area is 106 Å². The highest BCUT2D eigenvalue weighted by Crippen LogP contribution is 2.43. The van der Waals surface area contributed by atoms with Gasteiger partial charge in [0.05, 0.1) is 0 Å². The number of rotatable bonds is 4. The molecular weight excluding hydrogens is 206 g/mol. The first kappa shape index (κ1) is 11.8. The zero-order chi connectivity index (χ0) is 11.7. The highest BCUT2D eigenvalue weighted by Gasteiger charge is 2.35. The Morgan fingerprint density at radius 3 is 2.71 bits per heavy atom. The Bertz CT molecular complexity index is 283. The van der Waals surface area contributed by atoms with Crippen molar-refractivity contribution in [1.29, 1.82) is 0 Å². The number of hydrogen-bond donors (Lipinski definition) is 1. The predicted molar refractivity (Wildman–Crippen MR) is 72.8 cm³/mol. The van der Waals surface area contributed by atoms with Crippen LogP contribution in [-0.2, 0) is 0 Å². The summed E-state index contributed by atoms with van der Waals surface area (Å²) >= 11 is 0. The molecule has 0 radical (unpaired) electrons. The largest absolute Gasteiger partial charge is 0.316 e. The maximum absolute atomic E-state index is 3.77. The maximum atomic E-state index is 3.77. The molecule has 3 rings (SSSR count). The molecule has 1 heteroatoms. The Morgan fingerprint density at radius 2 is 2.00 bits per heavy atom. The summed E-state index contributed by atoms with van der Waals surface area (Å²) in [6.07, 6.45) is 13.7. The van der Waals surface area contributed by atoms with Gasteiger partial charge in [0.15, 0.2) is 0 Å². The normalized spacial score (nSPS) is 44.4. The van der Waals surface area contributed by atoms with E-state index in [-0.39, 0.29) is 0 Å². The molecule has 0 aromatic rings. The molecule has 2 saturated carbocycles. The molecule has 0 spiro atoms. The van der Waals surface area contributed by atoms with Gasteiger partial charge in [0.2, 0.25) is 0 Å². The monoisotopic (exact) mass is 233 g/mol. The molecule has 5 atom stereocenters. The number of allylic oxidation sites excluding steroid dienone is 2. The van der Waals surface area contributed by atoms with E-state index in [0.29, 0.717) is 0 Å². The van der Waals surface area contributed by atoms with Crippen molar-refractivity contribution >= 4 is 0 Å². The number of fused-ring (bicyclic) bond motifs is 2. The van der Waals surface area contributed by atoms with Gasteiger partial charge in [-0.3, -0.25) is 0 Å². The summed E-state index contributed by atoms with van der Waals surface area (Å²) in [6, 6.07) is 0. The van der Waals surface area contributed by atoms with E-state index in [0.717, 1.165) is 29.6 Å². The fourth-order valence-corrected chi connectivity index (χ4v) is 4.35. The molecule has 5 unspecified atom stereocenters. The second-order valence-electron chi connectivity index (χ2n) is 6.84. The second-order valence-corrected chi connectivity index (χ2v) is 6.84. The molecule has 3 aliphatic carbocycles. The molecule has 0 aromatic carbocycles. The topological polar surface area (TPSA) is 12.0 Å². The Morgan fingerprint density at radius 1 is 1.06 bits per heavy atom. The van der Waals surface area contributed by atoms with Crippen LogP contribution in [0.2, 0.25) is 0 Å². The quantitative estimate of drug-likeness (QED) is 0.731. The van der Waals surface area contributed by atoms with Gasteiger partial charge in [-0.2, -0.15) is 0 Å². The first-order valence-electron chi connectivity index (χ1n) is 7.70. The van der Waals surface area contributed by atoms with E-state index >= 15 is 0 Å². The third kappa shape index (κ3) is 2.76. The van der Waals surface area contributed by atoms with Gasteiger partial charge in [-0.15, -0.1) is 0 Å². The van der Waals surface area contributed by atoms with E-state index in [1.807, 2.05) is 0 Å². The van der Waals surface area contributed by atoms with Gasteiger partial charge in [-0.25, -0.2) is 0 Å². The minimum absolute atomic E-state index is 0.915. The number of nitrogens with one attached hydrogen (secondary N) is 1. The van der Waals surface area contributed by atoms with Crippen LogP contribution in [0.4, 0.5) is 0 Å². The first-order valence-corrected chi connectivity index (χ1v) is 7.70. The predicted octanol–water partition coefficient (Wildman–Crippen LogP) is 3.61. The lowest BCUT2D eigenvalue weighted by molar-refractivity contribution is 0.267. The van der Waals surface area contributed by atoms with Crippen molar-refractivity contribution in [1.82, 2.24) is 5.32 Å². The summed E-state index contributed by atoms with van der Waals surface area (Å²) in [7, 11) is 0. The average molecular weight is 233 g/mol. The molecule has 3 aliphatic rings. The van der Waals surface area contributed by atoms with Gasteiger partial charge in [-0.05, 0) is 68.4 Å². The Hall–Kier alpha value is -0.300. The maximum Gasteiger partial charge on any atom is -0.00146 e. The van der Waals surface area contributed by atoms with Crippen molar-refractivity contribution in [2.45, 2.75) is 45.4 Å². The SMILES string of the molecule is CC1CCCC(CNCC2CC3C=CC2C3)C1. The van der Waals surface area contributed by atoms with E-state index < -0.39 is 0 Å². The summed E-state index contributed by atoms with van der Waals surface area (Å²) < 4.78 is 0. The fraction of sp³-hybridized carbons (Fsp3) is 0.875. The molecule has 1 N–H and O–H groups in total. The van der Waals surface area contributed by atoms with Crippen molar-refractivity contribution in [3.63, 3.8) is 0 Å². The molecule has 2 fully saturated rings. The Kier molecular flexibility index (Phi) is 3.56. The van der Waals surface area contributed by atoms with Crippen molar-refractivity contribution in [3.8, 4) is 0 Å². The molecule has 0 saturated heterocycles. The van der Waals surface area contributed by atoms with E-state index in [1.165, 1.54) is 51.6 Å². The van der Waals surface area contributed by atoms with Gasteiger partial charge < -0.3 is 5.32 Å². The minimum atomic E-state index is 0.915. The third-order valence-electron chi connectivity index (χ3n) is 5.30. The van der Waals surface area contributed by atoms with Crippen LogP contribution in [0, 0.1) is 29.6 Å². The minimum Gasteiger partial charge on any atom is -0.316 e. The fourth-order valence-electron chi connectivity index (χ4n) is 4.35. The van der Waals surface area contributed by atoms with Crippen LogP contribution in [0.15, 0.2) is 12.2 Å². The van der Waals surface area contributed by atoms with Crippen molar-refractivity contribution in [3.05, 3.63) is 12.2 Å². The zero-order valence-corrected chi connectivity index (χ0v) is 11.2. The van der Waals surface area contributed by atoms with Gasteiger partial charge >= 0.3 is 0 Å². The lowest BCUT2D eigenvalue weighted by atomic mass is 9.82. The van der Waals surface area contributed by atoms with Crippen LogP contribution in [-0.4, -0.2) is 13.1 Å². The van der Waals surface area contributed by atoms with E-state index in [2.05, 4.69) is 24.4 Å². The molecule has 0 amide bonds. The summed E-state index contributed by atoms with van der Waals surface area (Å²) in [6.45, 7) is 4.98.